The Balaban J connectivity index is 2.36. The summed E-state index contributed by atoms with van der Waals surface area (Å²) in [5.41, 5.74) is 4.29. The first-order chi connectivity index (χ1) is 9.00. The molecule has 0 radical (unpaired) electrons. The molecule has 0 aromatic carbocycles. The normalized spacial score (nSPS) is 14.9. The second kappa shape index (κ2) is 5.31. The summed E-state index contributed by atoms with van der Waals surface area (Å²) in [6, 6.07) is 0. The van der Waals surface area contributed by atoms with Crippen LogP contribution >= 0.6 is 0 Å². The Labute approximate surface area is 114 Å². The van der Waals surface area contributed by atoms with E-state index in [4.69, 9.17) is 4.42 Å². The van der Waals surface area contributed by atoms with Crippen molar-refractivity contribution >= 4 is 5.70 Å². The third-order valence-electron chi connectivity index (χ3n) is 3.07. The largest absolute Gasteiger partial charge is 0.443 e. The lowest BCUT2D eigenvalue weighted by atomic mass is 9.99. The maximum absolute atomic E-state index is 5.43. The molecule has 1 aromatic rings. The van der Waals surface area contributed by atoms with E-state index < -0.39 is 0 Å². The standard InChI is InChI=1S/C16H20N2O/c1-11(2)14-6-8-18(13(5)10-14)15(12(3)4)16-17-7-9-19-16/h6-11H,5H2,1-4H3. The Morgan fingerprint density at radius 1 is 1.37 bits per heavy atom. The van der Waals surface area contributed by atoms with Crippen molar-refractivity contribution in [2.24, 2.45) is 5.92 Å². The van der Waals surface area contributed by atoms with E-state index in [0.29, 0.717) is 11.8 Å². The molecular formula is C16H20N2O. The molecule has 2 heterocycles. The van der Waals surface area contributed by atoms with Crippen LogP contribution in [-0.4, -0.2) is 9.88 Å². The van der Waals surface area contributed by atoms with Crippen molar-refractivity contribution in [1.29, 1.82) is 0 Å². The van der Waals surface area contributed by atoms with Gasteiger partial charge in [0, 0.05) is 11.9 Å². The van der Waals surface area contributed by atoms with Gasteiger partial charge in [0.1, 0.15) is 12.0 Å². The topological polar surface area (TPSA) is 29.3 Å². The molecule has 0 bridgehead atoms. The highest BCUT2D eigenvalue weighted by molar-refractivity contribution is 5.64. The predicted molar refractivity (Wildman–Crippen MR) is 77.8 cm³/mol. The molecule has 1 aliphatic heterocycles. The second-order valence-corrected chi connectivity index (χ2v) is 5.16. The third-order valence-corrected chi connectivity index (χ3v) is 3.07. The zero-order valence-corrected chi connectivity index (χ0v) is 12.0. The van der Waals surface area contributed by atoms with E-state index in [1.165, 1.54) is 5.57 Å². The fraction of sp³-hybridized carbons (Fsp3) is 0.312. The van der Waals surface area contributed by atoms with Crippen molar-refractivity contribution in [3.8, 4) is 0 Å². The van der Waals surface area contributed by atoms with E-state index in [2.05, 4.69) is 37.6 Å². The first-order valence-corrected chi connectivity index (χ1v) is 6.46. The highest BCUT2D eigenvalue weighted by Gasteiger charge is 2.20. The third kappa shape index (κ3) is 2.70. The first kappa shape index (κ1) is 13.4. The van der Waals surface area contributed by atoms with Gasteiger partial charge in [-0.3, -0.25) is 0 Å². The van der Waals surface area contributed by atoms with Crippen molar-refractivity contribution in [2.45, 2.75) is 27.7 Å². The Hall–Kier alpha value is -2.03. The molecule has 0 spiro atoms. The maximum Gasteiger partial charge on any atom is 0.243 e. The Morgan fingerprint density at radius 2 is 2.11 bits per heavy atom. The van der Waals surface area contributed by atoms with Gasteiger partial charge in [-0.05, 0) is 43.1 Å². The number of hydrogen-bond acceptors (Lipinski definition) is 3. The number of allylic oxidation sites excluding steroid dienone is 4. The van der Waals surface area contributed by atoms with Crippen molar-refractivity contribution in [3.05, 3.63) is 60.1 Å². The van der Waals surface area contributed by atoms with Crippen LogP contribution in [0.2, 0.25) is 0 Å². The summed E-state index contributed by atoms with van der Waals surface area (Å²) >= 11 is 0. The zero-order chi connectivity index (χ0) is 14.0. The molecule has 0 saturated carbocycles. The van der Waals surface area contributed by atoms with Gasteiger partial charge in [-0.15, -0.1) is 0 Å². The molecule has 1 aliphatic rings. The summed E-state index contributed by atoms with van der Waals surface area (Å²) in [4.78, 5) is 6.26. The average Bonchev–Trinajstić information content (AvgIpc) is 2.84. The van der Waals surface area contributed by atoms with E-state index in [1.54, 1.807) is 12.5 Å². The van der Waals surface area contributed by atoms with Gasteiger partial charge in [0.15, 0.2) is 0 Å². The molecule has 0 atom stereocenters. The van der Waals surface area contributed by atoms with E-state index in [-0.39, 0.29) is 0 Å². The summed E-state index contributed by atoms with van der Waals surface area (Å²) < 4.78 is 5.43. The van der Waals surface area contributed by atoms with Crippen molar-refractivity contribution < 1.29 is 4.42 Å². The Morgan fingerprint density at radius 3 is 2.58 bits per heavy atom. The van der Waals surface area contributed by atoms with Gasteiger partial charge in [-0.1, -0.05) is 20.4 Å². The van der Waals surface area contributed by atoms with Crippen molar-refractivity contribution in [2.75, 3.05) is 0 Å². The van der Waals surface area contributed by atoms with Gasteiger partial charge < -0.3 is 9.32 Å². The highest BCUT2D eigenvalue weighted by atomic mass is 16.3. The van der Waals surface area contributed by atoms with Crippen LogP contribution in [0.15, 0.2) is 58.7 Å². The highest BCUT2D eigenvalue weighted by Crippen LogP contribution is 2.30. The molecule has 3 nitrogen and oxygen atoms in total. The van der Waals surface area contributed by atoms with Crippen LogP contribution in [0, 0.1) is 5.92 Å². The van der Waals surface area contributed by atoms with Gasteiger partial charge in [-0.25, -0.2) is 4.98 Å². The van der Waals surface area contributed by atoms with Crippen LogP contribution in [-0.2, 0) is 0 Å². The fourth-order valence-corrected chi connectivity index (χ4v) is 2.04. The quantitative estimate of drug-likeness (QED) is 0.805. The van der Waals surface area contributed by atoms with Crippen LogP contribution in [0.25, 0.3) is 5.70 Å². The van der Waals surface area contributed by atoms with Crippen LogP contribution in [0.1, 0.15) is 33.6 Å². The van der Waals surface area contributed by atoms with Crippen LogP contribution in [0.4, 0.5) is 0 Å². The SMILES string of the molecule is C=C1C=C(C(C)C)C=CN1C(=C(C)C)c1ncco1. The molecule has 3 heteroatoms. The Bertz CT molecular complexity index is 556. The minimum atomic E-state index is 0.493. The lowest BCUT2D eigenvalue weighted by molar-refractivity contribution is 0.513. The minimum absolute atomic E-state index is 0.493. The summed E-state index contributed by atoms with van der Waals surface area (Å²) in [6.07, 6.45) is 9.50. The van der Waals surface area contributed by atoms with Crippen molar-refractivity contribution in [3.63, 3.8) is 0 Å². The number of oxazole rings is 1. The summed E-state index contributed by atoms with van der Waals surface area (Å²) in [7, 11) is 0. The molecular weight excluding hydrogens is 236 g/mol. The molecule has 0 saturated heterocycles. The lowest BCUT2D eigenvalue weighted by Gasteiger charge is -2.27. The first-order valence-electron chi connectivity index (χ1n) is 6.46. The number of nitrogens with zero attached hydrogens (tertiary/aromatic N) is 2. The van der Waals surface area contributed by atoms with Crippen LogP contribution < -0.4 is 0 Å². The van der Waals surface area contributed by atoms with E-state index >= 15 is 0 Å². The van der Waals surface area contributed by atoms with Gasteiger partial charge in [0.05, 0.1) is 6.20 Å². The lowest BCUT2D eigenvalue weighted by Crippen LogP contribution is -2.18. The van der Waals surface area contributed by atoms with Gasteiger partial charge >= 0.3 is 0 Å². The smallest absolute Gasteiger partial charge is 0.243 e. The van der Waals surface area contributed by atoms with Crippen LogP contribution in [0.3, 0.4) is 0 Å². The monoisotopic (exact) mass is 256 g/mol. The summed E-state index contributed by atoms with van der Waals surface area (Å²) in [5, 5.41) is 0. The molecule has 0 fully saturated rings. The molecule has 1 aromatic heterocycles. The van der Waals surface area contributed by atoms with Crippen LogP contribution in [0.5, 0.6) is 0 Å². The van der Waals surface area contributed by atoms with E-state index in [9.17, 15) is 0 Å². The molecule has 0 amide bonds. The molecule has 0 aliphatic carbocycles. The van der Waals surface area contributed by atoms with Gasteiger partial charge in [-0.2, -0.15) is 0 Å². The minimum Gasteiger partial charge on any atom is -0.443 e. The summed E-state index contributed by atoms with van der Waals surface area (Å²) in [6.45, 7) is 12.6. The van der Waals surface area contributed by atoms with E-state index in [1.807, 2.05) is 24.9 Å². The molecule has 2 rings (SSSR count). The maximum atomic E-state index is 5.43. The average molecular weight is 256 g/mol. The fourth-order valence-electron chi connectivity index (χ4n) is 2.04. The van der Waals surface area contributed by atoms with E-state index in [0.717, 1.165) is 17.0 Å². The zero-order valence-electron chi connectivity index (χ0n) is 12.0. The molecule has 19 heavy (non-hydrogen) atoms. The number of hydrogen-bond donors (Lipinski definition) is 0. The van der Waals surface area contributed by atoms with Crippen molar-refractivity contribution in [1.82, 2.24) is 9.88 Å². The summed E-state index contributed by atoms with van der Waals surface area (Å²) in [5.74, 6) is 1.11. The molecule has 100 valence electrons. The number of aromatic nitrogens is 1. The predicted octanol–water partition coefficient (Wildman–Crippen LogP) is 4.35. The Kier molecular flexibility index (Phi) is 3.74. The second-order valence-electron chi connectivity index (χ2n) is 5.16. The van der Waals surface area contributed by atoms with Gasteiger partial charge in [0.25, 0.3) is 0 Å². The van der Waals surface area contributed by atoms with Gasteiger partial charge in [0.2, 0.25) is 5.89 Å². The molecule has 0 N–H and O–H groups in total. The number of rotatable bonds is 3. The molecule has 0 unspecified atom stereocenters.